The molecule has 217 valence electrons. The molecular formula is C35H35N7Ru+. The van der Waals surface area contributed by atoms with Gasteiger partial charge in [-0.1, -0.05) is 24.3 Å². The van der Waals surface area contributed by atoms with Gasteiger partial charge in [-0.15, -0.1) is 0 Å². The van der Waals surface area contributed by atoms with Gasteiger partial charge in [0.15, 0.2) is 0 Å². The molecule has 8 heteroatoms. The van der Waals surface area contributed by atoms with E-state index in [4.69, 9.17) is 5.73 Å². The Morgan fingerprint density at radius 2 is 0.884 bits per heavy atom. The van der Waals surface area contributed by atoms with Gasteiger partial charge in [0.2, 0.25) is 0 Å². The maximum absolute atomic E-state index is 5.51. The van der Waals surface area contributed by atoms with Gasteiger partial charge in [-0.05, 0) is 117 Å². The van der Waals surface area contributed by atoms with Gasteiger partial charge in [-0.25, -0.2) is 0 Å². The summed E-state index contributed by atoms with van der Waals surface area (Å²) in [7, 11) is 0. The van der Waals surface area contributed by atoms with Crippen LogP contribution in [-0.2, 0) is 25.9 Å². The third kappa shape index (κ3) is 11.3. The van der Waals surface area contributed by atoms with E-state index in [9.17, 15) is 0 Å². The van der Waals surface area contributed by atoms with Crippen LogP contribution in [0.25, 0.3) is 34.2 Å². The van der Waals surface area contributed by atoms with Crippen molar-refractivity contribution >= 4 is 0 Å². The molecule has 6 aromatic heterocycles. The van der Waals surface area contributed by atoms with Gasteiger partial charge in [-0.3, -0.25) is 29.9 Å². The summed E-state index contributed by atoms with van der Waals surface area (Å²) >= 11 is 0. The van der Waals surface area contributed by atoms with Gasteiger partial charge < -0.3 is 5.73 Å². The summed E-state index contributed by atoms with van der Waals surface area (Å²) in [4.78, 5) is 25.5. The Labute approximate surface area is 266 Å². The van der Waals surface area contributed by atoms with Crippen molar-refractivity contribution in [2.45, 2.75) is 26.2 Å². The minimum Gasteiger partial charge on any atom is -0.330 e. The first-order chi connectivity index (χ1) is 20.7. The van der Waals surface area contributed by atoms with E-state index in [0.29, 0.717) is 0 Å². The topological polar surface area (TPSA) is 103 Å². The average molecular weight is 655 g/mol. The molecule has 0 fully saturated rings. The summed E-state index contributed by atoms with van der Waals surface area (Å²) in [5, 5.41) is 0. The Balaban J connectivity index is 0.000000180. The maximum Gasteiger partial charge on any atom is 1.00 e. The van der Waals surface area contributed by atoms with Crippen molar-refractivity contribution in [1.82, 2.24) is 29.9 Å². The summed E-state index contributed by atoms with van der Waals surface area (Å²) in [6.45, 7) is 2.83. The van der Waals surface area contributed by atoms with E-state index < -0.39 is 0 Å². The van der Waals surface area contributed by atoms with Crippen LogP contribution < -0.4 is 5.73 Å². The smallest absolute Gasteiger partial charge is 0.330 e. The Bertz CT molecular complexity index is 1440. The summed E-state index contributed by atoms with van der Waals surface area (Å²) in [6.07, 6.45) is 14.0. The van der Waals surface area contributed by atoms with Gasteiger partial charge in [0.05, 0.1) is 34.2 Å². The number of unbranched alkanes of at least 4 members (excludes halogenated alkanes) is 1. The first kappa shape index (κ1) is 33.0. The SMILES string of the molecule is Cc1ccnc(-c2cc(CCCCN)ccn2)c1.[Ru+].c1ccc(-c2ccccn2)nc1.c1ccc(-c2ccccn2)nc1. The molecule has 43 heavy (non-hydrogen) atoms. The predicted molar refractivity (Wildman–Crippen MR) is 169 cm³/mol. The molecule has 0 saturated heterocycles. The fourth-order valence-corrected chi connectivity index (χ4v) is 3.98. The second-order valence-electron chi connectivity index (χ2n) is 9.37. The normalized spacial score (nSPS) is 9.81. The van der Waals surface area contributed by atoms with Gasteiger partial charge in [0, 0.05) is 37.2 Å². The molecule has 0 aliphatic carbocycles. The number of pyridine rings is 6. The van der Waals surface area contributed by atoms with Crippen LogP contribution in [0.2, 0.25) is 0 Å². The number of nitrogens with zero attached hydrogens (tertiary/aromatic N) is 6. The Morgan fingerprint density at radius 3 is 1.28 bits per heavy atom. The summed E-state index contributed by atoms with van der Waals surface area (Å²) < 4.78 is 0. The predicted octanol–water partition coefficient (Wildman–Crippen LogP) is 7.02. The standard InChI is InChI=1S/C15H19N3.2C10H8N2.Ru/c1-12-5-8-17-14(10-12)15-11-13(6-9-18-15)4-2-3-7-16;2*1-3-7-11-9(5-1)10-6-2-4-8-12-10;/h5-6,8-11H,2-4,7,16H2,1H3;2*1-8H;/q;;;+1. The first-order valence-corrected chi connectivity index (χ1v) is 14.0. The van der Waals surface area contributed by atoms with Gasteiger partial charge in [-0.2, -0.15) is 0 Å². The number of aryl methyl sites for hydroxylation is 2. The van der Waals surface area contributed by atoms with Crippen LogP contribution in [-0.4, -0.2) is 36.4 Å². The zero-order chi connectivity index (χ0) is 29.2. The third-order valence-corrected chi connectivity index (χ3v) is 6.11. The fraction of sp³-hybridized carbons (Fsp3) is 0.143. The zero-order valence-corrected chi connectivity index (χ0v) is 25.9. The van der Waals surface area contributed by atoms with Gasteiger partial charge >= 0.3 is 19.5 Å². The molecule has 6 aromatic rings. The average Bonchev–Trinajstić information content (AvgIpc) is 3.07. The molecule has 7 nitrogen and oxygen atoms in total. The van der Waals surface area contributed by atoms with E-state index >= 15 is 0 Å². The van der Waals surface area contributed by atoms with E-state index in [1.165, 1.54) is 11.1 Å². The molecule has 1 radical (unpaired) electrons. The van der Waals surface area contributed by atoms with Crippen molar-refractivity contribution in [3.05, 3.63) is 145 Å². The Morgan fingerprint density at radius 1 is 0.465 bits per heavy atom. The molecule has 0 atom stereocenters. The van der Waals surface area contributed by atoms with Crippen LogP contribution in [0.15, 0.2) is 134 Å². The molecule has 0 spiro atoms. The van der Waals surface area contributed by atoms with E-state index in [2.05, 4.69) is 55.0 Å². The Hall–Kier alpha value is -4.52. The molecule has 0 aliphatic heterocycles. The number of hydrogen-bond acceptors (Lipinski definition) is 7. The molecule has 2 N–H and O–H groups in total. The molecule has 0 aliphatic rings. The minimum absolute atomic E-state index is 0. The maximum atomic E-state index is 5.51. The first-order valence-electron chi connectivity index (χ1n) is 14.0. The van der Waals surface area contributed by atoms with Crippen LogP contribution in [0, 0.1) is 6.92 Å². The van der Waals surface area contributed by atoms with E-state index in [0.717, 1.165) is 60.0 Å². The summed E-state index contributed by atoms with van der Waals surface area (Å²) in [5.41, 5.74) is 13.6. The zero-order valence-electron chi connectivity index (χ0n) is 24.1. The number of rotatable bonds is 7. The molecule has 0 aromatic carbocycles. The molecule has 0 amide bonds. The quantitative estimate of drug-likeness (QED) is 0.146. The fourth-order valence-electron chi connectivity index (χ4n) is 3.98. The van der Waals surface area contributed by atoms with E-state index in [-0.39, 0.29) is 19.5 Å². The monoisotopic (exact) mass is 655 g/mol. The van der Waals surface area contributed by atoms with Crippen molar-refractivity contribution in [3.8, 4) is 34.2 Å². The molecule has 0 bridgehead atoms. The number of nitrogens with two attached hydrogens (primary N) is 1. The molecule has 6 heterocycles. The van der Waals surface area contributed by atoms with E-state index in [1.807, 2.05) is 91.3 Å². The second-order valence-corrected chi connectivity index (χ2v) is 9.37. The van der Waals surface area contributed by atoms with Crippen LogP contribution in [0.5, 0.6) is 0 Å². The van der Waals surface area contributed by atoms with Gasteiger partial charge in [0.1, 0.15) is 0 Å². The molecular weight excluding hydrogens is 620 g/mol. The second kappa shape index (κ2) is 18.8. The van der Waals surface area contributed by atoms with Crippen LogP contribution in [0.4, 0.5) is 0 Å². The number of hydrogen-bond donors (Lipinski definition) is 1. The third-order valence-electron chi connectivity index (χ3n) is 6.11. The largest absolute Gasteiger partial charge is 1.00 e. The van der Waals surface area contributed by atoms with Crippen LogP contribution in [0.3, 0.4) is 0 Å². The molecule has 6 rings (SSSR count). The van der Waals surface area contributed by atoms with Crippen LogP contribution in [0.1, 0.15) is 24.0 Å². The molecule has 0 unspecified atom stereocenters. The van der Waals surface area contributed by atoms with Crippen molar-refractivity contribution in [3.63, 3.8) is 0 Å². The molecule has 0 saturated carbocycles. The van der Waals surface area contributed by atoms with Crippen molar-refractivity contribution in [1.29, 1.82) is 0 Å². The number of aromatic nitrogens is 6. The van der Waals surface area contributed by atoms with Crippen molar-refractivity contribution in [2.24, 2.45) is 5.73 Å². The Kier molecular flexibility index (Phi) is 14.4. The minimum atomic E-state index is 0. The van der Waals surface area contributed by atoms with Gasteiger partial charge in [0.25, 0.3) is 0 Å². The summed E-state index contributed by atoms with van der Waals surface area (Å²) in [5.74, 6) is 0. The van der Waals surface area contributed by atoms with Crippen molar-refractivity contribution < 1.29 is 19.5 Å². The van der Waals surface area contributed by atoms with Crippen LogP contribution >= 0.6 is 0 Å². The van der Waals surface area contributed by atoms with Crippen molar-refractivity contribution in [2.75, 3.05) is 6.54 Å². The summed E-state index contributed by atoms with van der Waals surface area (Å²) in [6, 6.07) is 31.4. The van der Waals surface area contributed by atoms with E-state index in [1.54, 1.807) is 24.8 Å².